The number of benzene rings is 2. The Hall–Kier alpha value is -4.45. The van der Waals surface area contributed by atoms with Crippen molar-refractivity contribution in [2.45, 2.75) is 0 Å². The average molecular weight is 417 g/mol. The molecule has 0 fully saturated rings. The first-order valence-corrected chi connectivity index (χ1v) is 9.13. The number of hydrogen-bond donors (Lipinski definition) is 1. The number of esters is 1. The largest absolute Gasteiger partial charge is 0.497 e. The molecule has 154 valence electrons. The lowest BCUT2D eigenvalue weighted by atomic mass is 10.1. The first-order chi connectivity index (χ1) is 15.0. The van der Waals surface area contributed by atoms with E-state index in [1.807, 2.05) is 0 Å². The predicted molar refractivity (Wildman–Crippen MR) is 111 cm³/mol. The number of nitrogens with one attached hydrogen (secondary N) is 1. The van der Waals surface area contributed by atoms with E-state index in [9.17, 15) is 14.4 Å². The van der Waals surface area contributed by atoms with E-state index < -0.39 is 11.8 Å². The fraction of sp³-hybridized carbons (Fsp3) is 0.0909. The predicted octanol–water partition coefficient (Wildman–Crippen LogP) is 3.95. The average Bonchev–Trinajstić information content (AvgIpc) is 3.15. The number of nitrogens with zero attached hydrogens (tertiary/aromatic N) is 4. The number of aromatic nitrogens is 3. The Morgan fingerprint density at radius 2 is 1.84 bits per heavy atom. The Balaban J connectivity index is 1.88. The van der Waals surface area contributed by atoms with Crippen LogP contribution in [0.3, 0.4) is 0 Å². The van der Waals surface area contributed by atoms with Crippen molar-refractivity contribution in [3.05, 3.63) is 71.7 Å². The van der Waals surface area contributed by atoms with E-state index in [0.717, 1.165) is 0 Å². The zero-order valence-electron chi connectivity index (χ0n) is 16.6. The first-order valence-electron chi connectivity index (χ1n) is 9.13. The van der Waals surface area contributed by atoms with E-state index in [1.54, 1.807) is 31.4 Å². The minimum Gasteiger partial charge on any atom is -0.497 e. The van der Waals surface area contributed by atoms with E-state index >= 15 is 0 Å². The molecule has 4 aromatic rings. The van der Waals surface area contributed by atoms with Gasteiger partial charge in [-0.25, -0.2) is 18.7 Å². The minimum absolute atomic E-state index is 0.0751. The van der Waals surface area contributed by atoms with Gasteiger partial charge in [0, 0.05) is 11.3 Å². The molecule has 1 N–H and O–H groups in total. The summed E-state index contributed by atoms with van der Waals surface area (Å²) in [6.45, 7) is 0. The Morgan fingerprint density at radius 1 is 1.13 bits per heavy atom. The van der Waals surface area contributed by atoms with E-state index in [1.165, 1.54) is 42.0 Å². The normalized spacial score (nSPS) is 10.5. The van der Waals surface area contributed by atoms with Gasteiger partial charge in [-0.2, -0.15) is 5.26 Å². The number of halogens is 1. The number of carbonyl (C=O) groups is 1. The van der Waals surface area contributed by atoms with Gasteiger partial charge in [-0.15, -0.1) is 5.10 Å². The monoisotopic (exact) mass is 417 g/mol. The SMILES string of the molecule is COC(=O)c1cc(-c2ccc(F)cc2)nc2c(C#N)c(Nc3ccc(OC)cc3)nn12. The number of rotatable bonds is 5. The van der Waals surface area contributed by atoms with Crippen molar-refractivity contribution in [1.82, 2.24) is 14.6 Å². The third kappa shape index (κ3) is 3.74. The van der Waals surface area contributed by atoms with Crippen LogP contribution in [-0.2, 0) is 4.74 Å². The highest BCUT2D eigenvalue weighted by Crippen LogP contribution is 2.27. The molecule has 0 aliphatic rings. The van der Waals surface area contributed by atoms with Crippen LogP contribution in [-0.4, -0.2) is 34.8 Å². The van der Waals surface area contributed by atoms with Gasteiger partial charge in [-0.1, -0.05) is 0 Å². The molecular weight excluding hydrogens is 401 g/mol. The van der Waals surface area contributed by atoms with E-state index in [2.05, 4.69) is 21.5 Å². The molecule has 0 aliphatic carbocycles. The van der Waals surface area contributed by atoms with Crippen LogP contribution in [0.5, 0.6) is 5.75 Å². The van der Waals surface area contributed by atoms with Gasteiger partial charge in [-0.05, 0) is 54.6 Å². The summed E-state index contributed by atoms with van der Waals surface area (Å²) in [6, 6.07) is 16.3. The maximum atomic E-state index is 13.3. The van der Waals surface area contributed by atoms with E-state index in [4.69, 9.17) is 9.47 Å². The molecule has 0 saturated heterocycles. The van der Waals surface area contributed by atoms with Gasteiger partial charge in [0.15, 0.2) is 17.2 Å². The lowest BCUT2D eigenvalue weighted by Crippen LogP contribution is -2.11. The number of fused-ring (bicyclic) bond motifs is 1. The van der Waals surface area contributed by atoms with Crippen molar-refractivity contribution in [3.63, 3.8) is 0 Å². The molecule has 31 heavy (non-hydrogen) atoms. The number of carbonyl (C=O) groups excluding carboxylic acids is 1. The van der Waals surface area contributed by atoms with Crippen molar-refractivity contribution < 1.29 is 18.7 Å². The van der Waals surface area contributed by atoms with E-state index in [-0.39, 0.29) is 22.7 Å². The van der Waals surface area contributed by atoms with Crippen molar-refractivity contribution in [2.24, 2.45) is 0 Å². The molecule has 0 radical (unpaired) electrons. The molecule has 2 aromatic carbocycles. The second-order valence-electron chi connectivity index (χ2n) is 6.45. The Bertz CT molecular complexity index is 1310. The van der Waals surface area contributed by atoms with Crippen LogP contribution >= 0.6 is 0 Å². The Labute approximate surface area is 176 Å². The van der Waals surface area contributed by atoms with Crippen molar-refractivity contribution in [1.29, 1.82) is 5.26 Å². The molecule has 8 nitrogen and oxygen atoms in total. The zero-order chi connectivity index (χ0) is 22.0. The molecule has 0 aliphatic heterocycles. The van der Waals surface area contributed by atoms with Crippen LogP contribution in [0.2, 0.25) is 0 Å². The second kappa shape index (κ2) is 8.12. The van der Waals surface area contributed by atoms with Gasteiger partial charge in [0.05, 0.1) is 19.9 Å². The molecule has 0 bridgehead atoms. The molecule has 2 heterocycles. The zero-order valence-corrected chi connectivity index (χ0v) is 16.6. The summed E-state index contributed by atoms with van der Waals surface area (Å²) in [5.74, 6) is -0.147. The summed E-state index contributed by atoms with van der Waals surface area (Å²) in [6.07, 6.45) is 0. The number of methoxy groups -OCH3 is 2. The van der Waals surface area contributed by atoms with Gasteiger partial charge in [-0.3, -0.25) is 0 Å². The van der Waals surface area contributed by atoms with Crippen LogP contribution < -0.4 is 10.1 Å². The van der Waals surface area contributed by atoms with Crippen molar-refractivity contribution in [2.75, 3.05) is 19.5 Å². The highest BCUT2D eigenvalue weighted by atomic mass is 19.1. The summed E-state index contributed by atoms with van der Waals surface area (Å²) in [5.41, 5.74) is 2.00. The van der Waals surface area contributed by atoms with Gasteiger partial charge in [0.25, 0.3) is 0 Å². The molecule has 0 unspecified atom stereocenters. The summed E-state index contributed by atoms with van der Waals surface area (Å²) >= 11 is 0. The maximum absolute atomic E-state index is 13.3. The minimum atomic E-state index is -0.654. The number of ether oxygens (including phenoxy) is 2. The smallest absolute Gasteiger partial charge is 0.356 e. The molecule has 2 aromatic heterocycles. The highest BCUT2D eigenvalue weighted by molar-refractivity contribution is 5.90. The van der Waals surface area contributed by atoms with Crippen LogP contribution in [0.15, 0.2) is 54.6 Å². The van der Waals surface area contributed by atoms with Crippen LogP contribution in [0, 0.1) is 17.1 Å². The molecule has 9 heteroatoms. The second-order valence-corrected chi connectivity index (χ2v) is 6.45. The topological polar surface area (TPSA) is 102 Å². The van der Waals surface area contributed by atoms with Crippen LogP contribution in [0.25, 0.3) is 16.9 Å². The molecule has 0 atom stereocenters. The highest BCUT2D eigenvalue weighted by Gasteiger charge is 2.22. The number of nitriles is 1. The van der Waals surface area contributed by atoms with Gasteiger partial charge < -0.3 is 14.8 Å². The van der Waals surface area contributed by atoms with Gasteiger partial charge in [0.1, 0.15) is 23.2 Å². The van der Waals surface area contributed by atoms with Gasteiger partial charge >= 0.3 is 5.97 Å². The summed E-state index contributed by atoms with van der Waals surface area (Å²) in [7, 11) is 2.81. The molecule has 0 amide bonds. The standard InChI is InChI=1S/C22H16FN5O3/c1-30-16-9-7-15(8-10-16)25-20-17(12-24)21-26-18(13-3-5-14(23)6-4-13)11-19(22(29)31-2)28(21)27-20/h3-11H,1-2H3,(H,25,27). The third-order valence-electron chi connectivity index (χ3n) is 4.59. The van der Waals surface area contributed by atoms with Crippen LogP contribution in [0.1, 0.15) is 16.1 Å². The van der Waals surface area contributed by atoms with Gasteiger partial charge in [0.2, 0.25) is 0 Å². The Kier molecular flexibility index (Phi) is 5.20. The summed E-state index contributed by atoms with van der Waals surface area (Å²) < 4.78 is 24.6. The maximum Gasteiger partial charge on any atom is 0.356 e. The fourth-order valence-corrected chi connectivity index (χ4v) is 3.04. The van der Waals surface area contributed by atoms with E-state index in [0.29, 0.717) is 22.7 Å². The lowest BCUT2D eigenvalue weighted by molar-refractivity contribution is 0.0590. The number of hydrogen-bond acceptors (Lipinski definition) is 7. The quantitative estimate of drug-likeness (QED) is 0.491. The van der Waals surface area contributed by atoms with Crippen molar-refractivity contribution >= 4 is 23.1 Å². The third-order valence-corrected chi connectivity index (χ3v) is 4.59. The van der Waals surface area contributed by atoms with Crippen LogP contribution in [0.4, 0.5) is 15.9 Å². The Morgan fingerprint density at radius 3 is 2.45 bits per heavy atom. The fourth-order valence-electron chi connectivity index (χ4n) is 3.04. The van der Waals surface area contributed by atoms with Crippen molar-refractivity contribution in [3.8, 4) is 23.1 Å². The summed E-state index contributed by atoms with van der Waals surface area (Å²) in [5, 5.41) is 17.2. The first kappa shape index (κ1) is 19.8. The molecule has 0 saturated carbocycles. The molecular formula is C22H16FN5O3. The number of anilines is 2. The molecule has 0 spiro atoms. The lowest BCUT2D eigenvalue weighted by Gasteiger charge is -2.06. The summed E-state index contributed by atoms with van der Waals surface area (Å²) in [4.78, 5) is 16.9. The molecule has 4 rings (SSSR count).